The lowest BCUT2D eigenvalue weighted by Gasteiger charge is -2.17. The number of nitrogens with zero attached hydrogens (tertiary/aromatic N) is 1. The Morgan fingerprint density at radius 1 is 1.29 bits per heavy atom. The van der Waals surface area contributed by atoms with Crippen LogP contribution >= 0.6 is 15.9 Å². The lowest BCUT2D eigenvalue weighted by molar-refractivity contribution is -0.160. The van der Waals surface area contributed by atoms with Crippen molar-refractivity contribution in [2.24, 2.45) is 0 Å². The molecule has 1 N–H and O–H groups in total. The van der Waals surface area contributed by atoms with Gasteiger partial charge in [0.1, 0.15) is 5.60 Å². The second-order valence-corrected chi connectivity index (χ2v) is 5.38. The largest absolute Gasteiger partial charge is 0.455 e. The molecular weight excluding hydrogens is 284 g/mol. The molecule has 0 aliphatic rings. The lowest BCUT2D eigenvalue weighted by atomic mass is 10.1. The number of esters is 1. The van der Waals surface area contributed by atoms with Gasteiger partial charge in [-0.2, -0.15) is 0 Å². The molecule has 1 aromatic carbocycles. The molecule has 17 heavy (non-hydrogen) atoms. The molecule has 0 saturated heterocycles. The van der Waals surface area contributed by atoms with Gasteiger partial charge in [0.25, 0.3) is 0 Å². The summed E-state index contributed by atoms with van der Waals surface area (Å²) in [6.07, 6.45) is 0. The number of halogens is 1. The first-order chi connectivity index (χ1) is 7.83. The van der Waals surface area contributed by atoms with Crippen LogP contribution in [0.5, 0.6) is 0 Å². The summed E-state index contributed by atoms with van der Waals surface area (Å²) in [6, 6.07) is 6.98. The second kappa shape index (κ2) is 5.25. The Hall–Kier alpha value is -1.45. The van der Waals surface area contributed by atoms with Crippen LogP contribution in [-0.2, 0) is 9.53 Å². The standard InChI is InChI=1S/C12H14BrN2O2/c1-12(2,3)17-11(16)10(15-14)8-4-6-9(13)7-5-8/h4-7,14H,1-3H3/q+1. The van der Waals surface area contributed by atoms with E-state index in [1.807, 2.05) is 0 Å². The summed E-state index contributed by atoms with van der Waals surface area (Å²) >= 11 is 3.30. The van der Waals surface area contributed by atoms with Gasteiger partial charge in [-0.15, -0.1) is 0 Å². The fourth-order valence-corrected chi connectivity index (χ4v) is 1.43. The highest BCUT2D eigenvalue weighted by Crippen LogP contribution is 2.13. The van der Waals surface area contributed by atoms with E-state index in [-0.39, 0.29) is 5.71 Å². The third-order valence-corrected chi connectivity index (χ3v) is 2.35. The van der Waals surface area contributed by atoms with Crippen LogP contribution in [0, 0.1) is 5.53 Å². The number of ether oxygens (including phenoxy) is 1. The molecule has 0 aliphatic carbocycles. The van der Waals surface area contributed by atoms with Crippen LogP contribution in [0.4, 0.5) is 0 Å². The first kappa shape index (κ1) is 13.6. The summed E-state index contributed by atoms with van der Waals surface area (Å²) in [7, 11) is 0. The van der Waals surface area contributed by atoms with Crippen molar-refractivity contribution >= 4 is 27.6 Å². The molecule has 5 heteroatoms. The van der Waals surface area contributed by atoms with Crippen molar-refractivity contribution in [3.05, 3.63) is 34.3 Å². The van der Waals surface area contributed by atoms with Crippen molar-refractivity contribution < 1.29 is 14.3 Å². The molecule has 0 radical (unpaired) electrons. The van der Waals surface area contributed by atoms with Crippen LogP contribution in [0.3, 0.4) is 0 Å². The van der Waals surface area contributed by atoms with E-state index in [4.69, 9.17) is 10.3 Å². The molecule has 90 valence electrons. The van der Waals surface area contributed by atoms with Crippen molar-refractivity contribution in [2.75, 3.05) is 0 Å². The van der Waals surface area contributed by atoms with Gasteiger partial charge in [0, 0.05) is 4.47 Å². The third-order valence-electron chi connectivity index (χ3n) is 1.82. The van der Waals surface area contributed by atoms with Crippen LogP contribution in [0.1, 0.15) is 26.3 Å². The van der Waals surface area contributed by atoms with Gasteiger partial charge in [-0.05, 0) is 45.0 Å². The van der Waals surface area contributed by atoms with Gasteiger partial charge in [-0.1, -0.05) is 15.9 Å². The summed E-state index contributed by atoms with van der Waals surface area (Å²) in [5.74, 6) is -0.588. The fourth-order valence-electron chi connectivity index (χ4n) is 1.16. The zero-order valence-corrected chi connectivity index (χ0v) is 11.5. The van der Waals surface area contributed by atoms with Crippen molar-refractivity contribution in [1.29, 1.82) is 5.53 Å². The number of benzene rings is 1. The van der Waals surface area contributed by atoms with E-state index in [1.54, 1.807) is 45.0 Å². The van der Waals surface area contributed by atoms with Crippen LogP contribution in [-0.4, -0.2) is 22.1 Å². The Bertz CT molecular complexity index is 468. The number of rotatable bonds is 2. The molecule has 1 aromatic rings. The van der Waals surface area contributed by atoms with Crippen molar-refractivity contribution in [1.82, 2.24) is 0 Å². The highest BCUT2D eigenvalue weighted by Gasteiger charge is 2.31. The van der Waals surface area contributed by atoms with E-state index in [0.29, 0.717) is 5.56 Å². The highest BCUT2D eigenvalue weighted by molar-refractivity contribution is 9.10. The first-order valence-electron chi connectivity index (χ1n) is 5.07. The SMILES string of the molecule is CC(C)(C)OC(=O)C(=[N+]=N)c1ccc(Br)cc1. The van der Waals surface area contributed by atoms with Gasteiger partial charge in [-0.25, -0.2) is 4.79 Å². The molecule has 0 amide bonds. The third kappa shape index (κ3) is 4.13. The topological polar surface area (TPSA) is 64.2 Å². The monoisotopic (exact) mass is 297 g/mol. The molecule has 1 rings (SSSR count). The van der Waals surface area contributed by atoms with E-state index in [0.717, 1.165) is 4.47 Å². The summed E-state index contributed by atoms with van der Waals surface area (Å²) in [5.41, 5.74) is 7.04. The van der Waals surface area contributed by atoms with E-state index in [2.05, 4.69) is 20.7 Å². The van der Waals surface area contributed by atoms with Crippen molar-refractivity contribution in [3.63, 3.8) is 0 Å². The molecule has 0 fully saturated rings. The van der Waals surface area contributed by atoms with Gasteiger partial charge in [0.05, 0.1) is 15.9 Å². The maximum atomic E-state index is 11.8. The molecule has 0 bridgehead atoms. The summed E-state index contributed by atoms with van der Waals surface area (Å²) in [6.45, 7) is 5.32. The highest BCUT2D eigenvalue weighted by atomic mass is 79.9. The molecule has 0 aliphatic heterocycles. The molecular formula is C12H14BrN2O2+. The Balaban J connectivity index is 2.98. The van der Waals surface area contributed by atoms with Gasteiger partial charge in [0.2, 0.25) is 0 Å². The van der Waals surface area contributed by atoms with E-state index in [1.165, 1.54) is 0 Å². The zero-order chi connectivity index (χ0) is 13.1. The normalized spacial score (nSPS) is 10.6. The predicted molar refractivity (Wildman–Crippen MR) is 67.1 cm³/mol. The van der Waals surface area contributed by atoms with Crippen LogP contribution in [0.15, 0.2) is 28.7 Å². The van der Waals surface area contributed by atoms with Gasteiger partial charge >= 0.3 is 11.7 Å². The van der Waals surface area contributed by atoms with E-state index < -0.39 is 11.6 Å². The molecule has 0 heterocycles. The lowest BCUT2D eigenvalue weighted by Crippen LogP contribution is -2.30. The average molecular weight is 298 g/mol. The Morgan fingerprint density at radius 3 is 2.24 bits per heavy atom. The molecule has 4 nitrogen and oxygen atoms in total. The molecule has 0 aromatic heterocycles. The Kier molecular flexibility index (Phi) is 4.21. The molecule has 0 saturated carbocycles. The van der Waals surface area contributed by atoms with Crippen LogP contribution < -0.4 is 0 Å². The van der Waals surface area contributed by atoms with E-state index in [9.17, 15) is 4.79 Å². The van der Waals surface area contributed by atoms with E-state index >= 15 is 0 Å². The molecule has 0 spiro atoms. The minimum atomic E-state index is -0.595. The quantitative estimate of drug-likeness (QED) is 0.395. The second-order valence-electron chi connectivity index (χ2n) is 4.47. The minimum Gasteiger partial charge on any atom is -0.451 e. The maximum absolute atomic E-state index is 11.8. The van der Waals surface area contributed by atoms with Crippen molar-refractivity contribution in [3.8, 4) is 0 Å². The van der Waals surface area contributed by atoms with Gasteiger partial charge in [-0.3, -0.25) is 0 Å². The number of hydrogen-bond donors (Lipinski definition) is 1. The number of carbonyl (C=O) groups is 1. The molecule has 0 unspecified atom stereocenters. The van der Waals surface area contributed by atoms with Gasteiger partial charge in [0.15, 0.2) is 0 Å². The van der Waals surface area contributed by atoms with Crippen LogP contribution in [0.2, 0.25) is 0 Å². The number of carbonyl (C=O) groups excluding carboxylic acids is 1. The number of nitrogens with one attached hydrogen (secondary N) is 1. The first-order valence-corrected chi connectivity index (χ1v) is 5.86. The fraction of sp³-hybridized carbons (Fsp3) is 0.333. The molecule has 0 atom stereocenters. The average Bonchev–Trinajstić information content (AvgIpc) is 2.19. The summed E-state index contributed by atoms with van der Waals surface area (Å²) in [5, 5.41) is 0. The smallest absolute Gasteiger partial charge is 0.451 e. The summed E-state index contributed by atoms with van der Waals surface area (Å²) in [4.78, 5) is 15.0. The Morgan fingerprint density at radius 2 is 1.82 bits per heavy atom. The Labute approximate surface area is 108 Å². The minimum absolute atomic E-state index is 0.00688. The maximum Gasteiger partial charge on any atom is 0.455 e. The van der Waals surface area contributed by atoms with Crippen LogP contribution in [0.25, 0.3) is 0 Å². The van der Waals surface area contributed by atoms with Crippen molar-refractivity contribution in [2.45, 2.75) is 26.4 Å². The summed E-state index contributed by atoms with van der Waals surface area (Å²) < 4.78 is 6.07. The van der Waals surface area contributed by atoms with Gasteiger partial charge < -0.3 is 4.74 Å². The number of hydrogen-bond acceptors (Lipinski definition) is 3. The zero-order valence-electron chi connectivity index (χ0n) is 9.95. The predicted octanol–water partition coefficient (Wildman–Crippen LogP) is 2.82.